The Balaban J connectivity index is 2.01. The Kier molecular flexibility index (Phi) is 11.1. The van der Waals surface area contributed by atoms with Crippen LogP contribution in [0.25, 0.3) is 0 Å². The van der Waals surface area contributed by atoms with Gasteiger partial charge in [-0.05, 0) is 32.6 Å². The molecule has 1 fully saturated rings. The monoisotopic (exact) mass is 313 g/mol. The van der Waals surface area contributed by atoms with Gasteiger partial charge in [-0.25, -0.2) is 0 Å². The Bertz CT molecular complexity index is 290. The van der Waals surface area contributed by atoms with E-state index < -0.39 is 0 Å². The summed E-state index contributed by atoms with van der Waals surface area (Å²) >= 11 is 0. The molecule has 1 saturated carbocycles. The van der Waals surface area contributed by atoms with Gasteiger partial charge >= 0.3 is 0 Å². The van der Waals surface area contributed by atoms with Crippen LogP contribution in [0.5, 0.6) is 0 Å². The first kappa shape index (κ1) is 19.2. The number of rotatable bonds is 9. The van der Waals surface area contributed by atoms with Gasteiger partial charge in [-0.15, -0.1) is 0 Å². The summed E-state index contributed by atoms with van der Waals surface area (Å²) in [6, 6.07) is 0.259. The summed E-state index contributed by atoms with van der Waals surface area (Å²) in [6.45, 7) is 4.57. The first-order valence-corrected chi connectivity index (χ1v) is 8.84. The predicted octanol–water partition coefficient (Wildman–Crippen LogP) is 2.71. The fraction of sp³-hybridized carbons (Fsp3) is 0.941. The lowest BCUT2D eigenvalue weighted by atomic mass is 10.1. The van der Waals surface area contributed by atoms with Crippen molar-refractivity contribution >= 4 is 5.96 Å². The van der Waals surface area contributed by atoms with Crippen molar-refractivity contribution in [1.29, 1.82) is 0 Å². The number of aliphatic imine (C=N–C) groups is 1. The highest BCUT2D eigenvalue weighted by Crippen LogP contribution is 2.19. The summed E-state index contributed by atoms with van der Waals surface area (Å²) in [7, 11) is 3.51. The zero-order valence-corrected chi connectivity index (χ0v) is 14.7. The van der Waals surface area contributed by atoms with Crippen LogP contribution in [-0.2, 0) is 9.47 Å². The van der Waals surface area contributed by atoms with Crippen LogP contribution in [0, 0.1) is 0 Å². The van der Waals surface area contributed by atoms with Gasteiger partial charge in [0.15, 0.2) is 5.96 Å². The van der Waals surface area contributed by atoms with Crippen LogP contribution in [0.2, 0.25) is 0 Å². The molecular weight excluding hydrogens is 278 g/mol. The second-order valence-electron chi connectivity index (χ2n) is 6.19. The molecule has 0 aromatic heterocycles. The number of hydrogen-bond donors (Lipinski definition) is 2. The van der Waals surface area contributed by atoms with E-state index in [2.05, 4.69) is 22.5 Å². The van der Waals surface area contributed by atoms with Crippen molar-refractivity contribution in [2.45, 2.75) is 70.4 Å². The minimum absolute atomic E-state index is 0.259. The molecule has 1 rings (SSSR count). The Morgan fingerprint density at radius 3 is 2.55 bits per heavy atom. The van der Waals surface area contributed by atoms with Gasteiger partial charge in [-0.2, -0.15) is 0 Å². The molecule has 0 aromatic carbocycles. The highest BCUT2D eigenvalue weighted by Gasteiger charge is 2.11. The third-order valence-corrected chi connectivity index (χ3v) is 4.04. The molecule has 5 heteroatoms. The normalized spacial score (nSPS) is 18.8. The van der Waals surface area contributed by atoms with Crippen LogP contribution >= 0.6 is 0 Å². The summed E-state index contributed by atoms with van der Waals surface area (Å²) in [4.78, 5) is 4.22. The maximum Gasteiger partial charge on any atom is 0.191 e. The lowest BCUT2D eigenvalue weighted by Gasteiger charge is -2.17. The number of guanidine groups is 1. The molecule has 1 atom stereocenters. The van der Waals surface area contributed by atoms with Gasteiger partial charge in [0.2, 0.25) is 0 Å². The van der Waals surface area contributed by atoms with E-state index in [1.807, 2.05) is 0 Å². The molecule has 0 saturated heterocycles. The molecular formula is C17H35N3O2. The van der Waals surface area contributed by atoms with Crippen LogP contribution in [0.4, 0.5) is 0 Å². The van der Waals surface area contributed by atoms with E-state index in [9.17, 15) is 0 Å². The van der Waals surface area contributed by atoms with Crippen LogP contribution in [-0.4, -0.2) is 52.0 Å². The predicted molar refractivity (Wildman–Crippen MR) is 92.5 cm³/mol. The Hall–Kier alpha value is -0.810. The van der Waals surface area contributed by atoms with E-state index in [0.29, 0.717) is 12.7 Å². The van der Waals surface area contributed by atoms with E-state index in [0.717, 1.165) is 32.0 Å². The average Bonchev–Trinajstić information content (AvgIpc) is 2.78. The minimum Gasteiger partial charge on any atom is -0.383 e. The number of nitrogens with one attached hydrogen (secondary N) is 2. The van der Waals surface area contributed by atoms with Gasteiger partial charge in [0.25, 0.3) is 0 Å². The minimum atomic E-state index is 0.259. The van der Waals surface area contributed by atoms with Crippen LogP contribution in [0.1, 0.15) is 58.3 Å². The molecule has 1 aliphatic rings. The van der Waals surface area contributed by atoms with E-state index in [1.165, 1.54) is 38.5 Å². The lowest BCUT2D eigenvalue weighted by molar-refractivity contribution is 0.0411. The standard InChI is InChI=1S/C17H35N3O2/c1-15(14-21-3)20-17(18-2)19-12-8-9-13-22-16-10-6-4-5-7-11-16/h15-16H,4-14H2,1-3H3,(H2,18,19,20). The Morgan fingerprint density at radius 2 is 1.91 bits per heavy atom. The molecule has 0 aromatic rings. The average molecular weight is 313 g/mol. The molecule has 0 amide bonds. The number of ether oxygens (including phenoxy) is 2. The summed E-state index contributed by atoms with van der Waals surface area (Å²) in [5, 5.41) is 6.63. The summed E-state index contributed by atoms with van der Waals surface area (Å²) in [5.41, 5.74) is 0. The number of unbranched alkanes of at least 4 members (excludes halogenated alkanes) is 1. The van der Waals surface area contributed by atoms with Crippen molar-refractivity contribution in [1.82, 2.24) is 10.6 Å². The summed E-state index contributed by atoms with van der Waals surface area (Å²) in [6.07, 6.45) is 10.7. The quantitative estimate of drug-likeness (QED) is 0.297. The molecule has 0 aliphatic heterocycles. The first-order valence-electron chi connectivity index (χ1n) is 8.84. The van der Waals surface area contributed by atoms with E-state index in [-0.39, 0.29) is 6.04 Å². The lowest BCUT2D eigenvalue weighted by Crippen LogP contribution is -2.44. The van der Waals surface area contributed by atoms with Crippen molar-refractivity contribution < 1.29 is 9.47 Å². The van der Waals surface area contributed by atoms with Crippen molar-refractivity contribution in [2.75, 3.05) is 33.9 Å². The molecule has 0 heterocycles. The second kappa shape index (κ2) is 12.7. The number of hydrogen-bond acceptors (Lipinski definition) is 3. The molecule has 2 N–H and O–H groups in total. The van der Waals surface area contributed by atoms with Gasteiger partial charge in [0, 0.05) is 33.4 Å². The van der Waals surface area contributed by atoms with E-state index in [4.69, 9.17) is 9.47 Å². The third-order valence-electron chi connectivity index (χ3n) is 4.04. The van der Waals surface area contributed by atoms with Crippen LogP contribution < -0.4 is 10.6 Å². The van der Waals surface area contributed by atoms with Gasteiger partial charge in [-0.1, -0.05) is 25.7 Å². The number of methoxy groups -OCH3 is 1. The molecule has 1 aliphatic carbocycles. The second-order valence-corrected chi connectivity index (χ2v) is 6.19. The first-order chi connectivity index (χ1) is 10.8. The molecule has 1 unspecified atom stereocenters. The van der Waals surface area contributed by atoms with Crippen molar-refractivity contribution in [2.24, 2.45) is 4.99 Å². The maximum atomic E-state index is 6.00. The maximum absolute atomic E-state index is 6.00. The van der Waals surface area contributed by atoms with Crippen molar-refractivity contribution in [3.05, 3.63) is 0 Å². The van der Waals surface area contributed by atoms with Crippen molar-refractivity contribution in [3.8, 4) is 0 Å². The van der Waals surface area contributed by atoms with Gasteiger partial charge in [0.1, 0.15) is 0 Å². The molecule has 5 nitrogen and oxygen atoms in total. The third kappa shape index (κ3) is 9.26. The zero-order valence-electron chi connectivity index (χ0n) is 14.7. The number of nitrogens with zero attached hydrogens (tertiary/aromatic N) is 1. The summed E-state index contributed by atoms with van der Waals surface area (Å²) in [5.74, 6) is 0.842. The topological polar surface area (TPSA) is 54.9 Å². The van der Waals surface area contributed by atoms with Crippen LogP contribution in [0.3, 0.4) is 0 Å². The molecule has 130 valence electrons. The SMILES string of the molecule is CN=C(NCCCCOC1CCCCCC1)NC(C)COC. The largest absolute Gasteiger partial charge is 0.383 e. The van der Waals surface area contributed by atoms with E-state index >= 15 is 0 Å². The van der Waals surface area contributed by atoms with Crippen molar-refractivity contribution in [3.63, 3.8) is 0 Å². The molecule has 0 bridgehead atoms. The Morgan fingerprint density at radius 1 is 1.18 bits per heavy atom. The fourth-order valence-electron chi connectivity index (χ4n) is 2.81. The highest BCUT2D eigenvalue weighted by atomic mass is 16.5. The molecule has 0 spiro atoms. The zero-order chi connectivity index (χ0) is 16.0. The Labute approximate surface area is 136 Å². The van der Waals surface area contributed by atoms with E-state index in [1.54, 1.807) is 14.2 Å². The summed E-state index contributed by atoms with van der Waals surface area (Å²) < 4.78 is 11.1. The fourth-order valence-corrected chi connectivity index (χ4v) is 2.81. The highest BCUT2D eigenvalue weighted by molar-refractivity contribution is 5.79. The van der Waals surface area contributed by atoms with Gasteiger partial charge < -0.3 is 20.1 Å². The van der Waals surface area contributed by atoms with Crippen LogP contribution in [0.15, 0.2) is 4.99 Å². The molecule has 22 heavy (non-hydrogen) atoms. The molecule has 0 radical (unpaired) electrons. The smallest absolute Gasteiger partial charge is 0.191 e. The van der Waals surface area contributed by atoms with Gasteiger partial charge in [0.05, 0.1) is 12.7 Å². The van der Waals surface area contributed by atoms with Gasteiger partial charge in [-0.3, -0.25) is 4.99 Å².